The molecule has 2 aliphatic rings. The van der Waals surface area contributed by atoms with Gasteiger partial charge in [0.2, 0.25) is 15.9 Å². The van der Waals surface area contributed by atoms with Crippen molar-refractivity contribution in [1.29, 1.82) is 0 Å². The lowest BCUT2D eigenvalue weighted by atomic mass is 9.77. The number of hydrogen-bond acceptors (Lipinski definition) is 4. The van der Waals surface area contributed by atoms with Gasteiger partial charge in [-0.05, 0) is 49.6 Å². The van der Waals surface area contributed by atoms with Gasteiger partial charge in [0, 0.05) is 36.8 Å². The summed E-state index contributed by atoms with van der Waals surface area (Å²) in [5.41, 5.74) is 0.919. The molecule has 32 heavy (non-hydrogen) atoms. The molecule has 0 spiro atoms. The number of rotatable bonds is 5. The third-order valence-electron chi connectivity index (χ3n) is 6.69. The van der Waals surface area contributed by atoms with Crippen LogP contribution in [0.15, 0.2) is 53.4 Å². The summed E-state index contributed by atoms with van der Waals surface area (Å²) in [7, 11) is -3.68. The second kappa shape index (κ2) is 8.96. The van der Waals surface area contributed by atoms with Crippen molar-refractivity contribution in [3.05, 3.63) is 64.7 Å². The van der Waals surface area contributed by atoms with Gasteiger partial charge in [0.1, 0.15) is 0 Å². The number of amides is 1. The molecule has 1 saturated carbocycles. The van der Waals surface area contributed by atoms with Crippen LogP contribution in [0.1, 0.15) is 48.5 Å². The van der Waals surface area contributed by atoms with Gasteiger partial charge in [-0.2, -0.15) is 4.31 Å². The lowest BCUT2D eigenvalue weighted by molar-refractivity contribution is -0.138. The number of piperazine rings is 1. The van der Waals surface area contributed by atoms with Gasteiger partial charge >= 0.3 is 0 Å². The highest BCUT2D eigenvalue weighted by molar-refractivity contribution is 7.89. The fourth-order valence-electron chi connectivity index (χ4n) is 4.82. The van der Waals surface area contributed by atoms with Crippen LogP contribution in [-0.4, -0.2) is 55.5 Å². The summed E-state index contributed by atoms with van der Waals surface area (Å²) in [6, 6.07) is 13.5. The van der Waals surface area contributed by atoms with Crippen molar-refractivity contribution >= 4 is 33.3 Å². The molecule has 1 saturated heterocycles. The van der Waals surface area contributed by atoms with E-state index in [0.717, 1.165) is 31.2 Å². The first-order chi connectivity index (χ1) is 15.2. The Bertz CT molecular complexity index is 1100. The smallest absolute Gasteiger partial charge is 0.243 e. The van der Waals surface area contributed by atoms with E-state index in [1.807, 2.05) is 29.2 Å². The highest BCUT2D eigenvalue weighted by atomic mass is 35.5. The molecule has 1 amide bonds. The van der Waals surface area contributed by atoms with Crippen LogP contribution in [0, 0.1) is 0 Å². The summed E-state index contributed by atoms with van der Waals surface area (Å²) in [5.74, 6) is -0.0252. The Morgan fingerprint density at radius 3 is 1.97 bits per heavy atom. The van der Waals surface area contributed by atoms with Crippen LogP contribution < -0.4 is 0 Å². The van der Waals surface area contributed by atoms with Crippen LogP contribution in [0.25, 0.3) is 0 Å². The van der Waals surface area contributed by atoms with Gasteiger partial charge in [0.15, 0.2) is 5.78 Å². The average molecular weight is 475 g/mol. The largest absolute Gasteiger partial charge is 0.339 e. The number of benzene rings is 2. The van der Waals surface area contributed by atoms with E-state index in [9.17, 15) is 18.0 Å². The van der Waals surface area contributed by atoms with E-state index in [4.69, 9.17) is 11.6 Å². The van der Waals surface area contributed by atoms with Crippen LogP contribution in [0.3, 0.4) is 0 Å². The minimum absolute atomic E-state index is 0.0835. The van der Waals surface area contributed by atoms with Crippen LogP contribution in [0.5, 0.6) is 0 Å². The molecule has 0 atom stereocenters. The van der Waals surface area contributed by atoms with Gasteiger partial charge in [0.25, 0.3) is 0 Å². The Labute approximate surface area is 194 Å². The number of halogens is 1. The van der Waals surface area contributed by atoms with Crippen LogP contribution in [-0.2, 0) is 20.2 Å². The maximum Gasteiger partial charge on any atom is 0.243 e. The molecule has 8 heteroatoms. The number of hydrogen-bond donors (Lipinski definition) is 0. The summed E-state index contributed by atoms with van der Waals surface area (Å²) in [5, 5.41) is 0.643. The van der Waals surface area contributed by atoms with Gasteiger partial charge in [-0.1, -0.05) is 48.7 Å². The molecule has 0 bridgehead atoms. The van der Waals surface area contributed by atoms with Gasteiger partial charge in [0.05, 0.1) is 10.3 Å². The standard InChI is InChI=1S/C24H27ClN2O4S/c1-18(28)19-4-10-22(11-5-19)32(30,31)27-16-14-26(15-17-27)23(29)24(12-2-3-13-24)20-6-8-21(25)9-7-20/h4-11H,2-3,12-17H2,1H3. The number of nitrogens with zero attached hydrogens (tertiary/aromatic N) is 2. The molecule has 1 heterocycles. The zero-order chi connectivity index (χ0) is 22.9. The summed E-state index contributed by atoms with van der Waals surface area (Å²) in [4.78, 5) is 27.1. The predicted molar refractivity (Wildman–Crippen MR) is 123 cm³/mol. The second-order valence-electron chi connectivity index (χ2n) is 8.57. The molecule has 2 fully saturated rings. The summed E-state index contributed by atoms with van der Waals surface area (Å²) in [6.45, 7) is 2.66. The lowest BCUT2D eigenvalue weighted by Gasteiger charge is -2.39. The maximum absolute atomic E-state index is 13.6. The van der Waals surface area contributed by atoms with Crippen molar-refractivity contribution < 1.29 is 18.0 Å². The van der Waals surface area contributed by atoms with Crippen molar-refractivity contribution in [1.82, 2.24) is 9.21 Å². The van der Waals surface area contributed by atoms with Crippen molar-refractivity contribution in [2.75, 3.05) is 26.2 Å². The first kappa shape index (κ1) is 23.0. The Kier molecular flexibility index (Phi) is 6.43. The summed E-state index contributed by atoms with van der Waals surface area (Å²) < 4.78 is 27.5. The molecule has 4 rings (SSSR count). The normalized spacial score (nSPS) is 19.1. The van der Waals surface area contributed by atoms with Gasteiger partial charge < -0.3 is 4.90 Å². The second-order valence-corrected chi connectivity index (χ2v) is 10.9. The number of ketones is 1. The molecule has 2 aromatic carbocycles. The van der Waals surface area contributed by atoms with Gasteiger partial charge in [-0.3, -0.25) is 9.59 Å². The molecule has 0 N–H and O–H groups in total. The summed E-state index contributed by atoms with van der Waals surface area (Å²) >= 11 is 6.05. The number of Topliss-reactive ketones (excluding diaryl/α,β-unsaturated/α-hetero) is 1. The van der Waals surface area contributed by atoms with E-state index in [2.05, 4.69) is 0 Å². The molecule has 1 aliphatic heterocycles. The number of carbonyl (C=O) groups is 2. The Morgan fingerprint density at radius 2 is 1.44 bits per heavy atom. The lowest BCUT2D eigenvalue weighted by Crippen LogP contribution is -2.55. The minimum atomic E-state index is -3.68. The van der Waals surface area contributed by atoms with Crippen molar-refractivity contribution in [2.24, 2.45) is 0 Å². The molecule has 0 aromatic heterocycles. The molecular weight excluding hydrogens is 448 g/mol. The van der Waals surface area contributed by atoms with Crippen LogP contribution >= 0.6 is 11.6 Å². The highest BCUT2D eigenvalue weighted by Gasteiger charge is 2.45. The third-order valence-corrected chi connectivity index (χ3v) is 8.85. The molecule has 170 valence electrons. The Balaban J connectivity index is 1.48. The topological polar surface area (TPSA) is 74.8 Å². The third kappa shape index (κ3) is 4.21. The van der Waals surface area contributed by atoms with Crippen molar-refractivity contribution in [3.8, 4) is 0 Å². The first-order valence-electron chi connectivity index (χ1n) is 10.9. The Morgan fingerprint density at radius 1 is 0.875 bits per heavy atom. The monoisotopic (exact) mass is 474 g/mol. The molecule has 6 nitrogen and oxygen atoms in total. The quantitative estimate of drug-likeness (QED) is 0.616. The fraction of sp³-hybridized carbons (Fsp3) is 0.417. The minimum Gasteiger partial charge on any atom is -0.339 e. The summed E-state index contributed by atoms with van der Waals surface area (Å²) in [6.07, 6.45) is 3.60. The van der Waals surface area contributed by atoms with E-state index < -0.39 is 15.4 Å². The molecular formula is C24H27ClN2O4S. The van der Waals surface area contributed by atoms with E-state index in [0.29, 0.717) is 23.7 Å². The van der Waals surface area contributed by atoms with Crippen LogP contribution in [0.2, 0.25) is 5.02 Å². The van der Waals surface area contributed by atoms with Crippen LogP contribution in [0.4, 0.5) is 0 Å². The zero-order valence-corrected chi connectivity index (χ0v) is 19.7. The van der Waals surface area contributed by atoms with E-state index in [1.165, 1.54) is 35.5 Å². The van der Waals surface area contributed by atoms with Crippen molar-refractivity contribution in [3.63, 3.8) is 0 Å². The number of sulfonamides is 1. The predicted octanol–water partition coefficient (Wildman–Crippen LogP) is 3.89. The van der Waals surface area contributed by atoms with Gasteiger partial charge in [-0.15, -0.1) is 0 Å². The molecule has 1 aliphatic carbocycles. The van der Waals surface area contributed by atoms with Crippen molar-refractivity contribution in [2.45, 2.75) is 42.9 Å². The van der Waals surface area contributed by atoms with Gasteiger partial charge in [-0.25, -0.2) is 8.42 Å². The average Bonchev–Trinajstić information content (AvgIpc) is 3.30. The van der Waals surface area contributed by atoms with E-state index >= 15 is 0 Å². The first-order valence-corrected chi connectivity index (χ1v) is 12.7. The molecule has 2 aromatic rings. The Hall–Kier alpha value is -2.22. The maximum atomic E-state index is 13.6. The SMILES string of the molecule is CC(=O)c1ccc(S(=O)(=O)N2CCN(C(=O)C3(c4ccc(Cl)cc4)CCCC3)CC2)cc1. The van der Waals surface area contributed by atoms with E-state index in [-0.39, 0.29) is 29.7 Å². The highest BCUT2D eigenvalue weighted by Crippen LogP contribution is 2.43. The molecule has 0 unspecified atom stereocenters. The molecule has 0 radical (unpaired) electrons. The van der Waals surface area contributed by atoms with E-state index in [1.54, 1.807) is 0 Å². The zero-order valence-electron chi connectivity index (χ0n) is 18.1. The number of carbonyl (C=O) groups excluding carboxylic acids is 2. The fourth-order valence-corrected chi connectivity index (χ4v) is 6.37.